The van der Waals surface area contributed by atoms with Crippen LogP contribution in [0.5, 0.6) is 0 Å². The van der Waals surface area contributed by atoms with Gasteiger partial charge >= 0.3 is 0 Å². The van der Waals surface area contributed by atoms with E-state index in [0.29, 0.717) is 18.0 Å². The minimum absolute atomic E-state index is 0.186. The number of carbonyl (C=O) groups is 1. The van der Waals surface area contributed by atoms with Gasteiger partial charge in [-0.1, -0.05) is 12.0 Å². The number of hydrogen-bond acceptors (Lipinski definition) is 1. The van der Waals surface area contributed by atoms with Crippen molar-refractivity contribution in [2.75, 3.05) is 13.1 Å². The molecule has 0 bridgehead atoms. The molecule has 1 aliphatic rings. The highest BCUT2D eigenvalue weighted by molar-refractivity contribution is 5.94. The number of amides is 1. The van der Waals surface area contributed by atoms with Gasteiger partial charge in [0.05, 0.1) is 6.54 Å². The fourth-order valence-electron chi connectivity index (χ4n) is 1.75. The number of rotatable bonds is 4. The molecule has 1 fully saturated rings. The van der Waals surface area contributed by atoms with Gasteiger partial charge in [0.25, 0.3) is 5.91 Å². The molecule has 1 saturated carbocycles. The number of terminal acetylenes is 1. The van der Waals surface area contributed by atoms with Crippen molar-refractivity contribution < 1.29 is 9.18 Å². The smallest absolute Gasteiger partial charge is 0.254 e. The van der Waals surface area contributed by atoms with Gasteiger partial charge < -0.3 is 4.90 Å². The van der Waals surface area contributed by atoms with Crippen LogP contribution < -0.4 is 0 Å². The molecular formula is C14H14FNO. The predicted molar refractivity (Wildman–Crippen MR) is 63.9 cm³/mol. The fourth-order valence-corrected chi connectivity index (χ4v) is 1.75. The van der Waals surface area contributed by atoms with Gasteiger partial charge in [0, 0.05) is 12.1 Å². The molecular weight excluding hydrogens is 217 g/mol. The van der Waals surface area contributed by atoms with E-state index >= 15 is 0 Å². The van der Waals surface area contributed by atoms with Gasteiger partial charge in [0.2, 0.25) is 0 Å². The molecule has 0 spiro atoms. The number of hydrogen-bond donors (Lipinski definition) is 0. The van der Waals surface area contributed by atoms with Crippen LogP contribution >= 0.6 is 0 Å². The molecule has 2 nitrogen and oxygen atoms in total. The molecule has 0 saturated heterocycles. The monoisotopic (exact) mass is 231 g/mol. The molecule has 0 radical (unpaired) electrons. The maximum Gasteiger partial charge on any atom is 0.254 e. The van der Waals surface area contributed by atoms with Gasteiger partial charge in [-0.05, 0) is 37.0 Å². The largest absolute Gasteiger partial charge is 0.327 e. The summed E-state index contributed by atoms with van der Waals surface area (Å²) in [5, 5.41) is 0. The standard InChI is InChI=1S/C14H14FNO/c1-2-8-16(10-11-6-7-11)14(17)12-4-3-5-13(15)9-12/h1,3-5,9,11H,6-8,10H2. The van der Waals surface area contributed by atoms with Gasteiger partial charge in [0.15, 0.2) is 0 Å². The minimum atomic E-state index is -0.400. The van der Waals surface area contributed by atoms with Crippen molar-refractivity contribution in [2.45, 2.75) is 12.8 Å². The van der Waals surface area contributed by atoms with Crippen LogP contribution in [0.25, 0.3) is 0 Å². The van der Waals surface area contributed by atoms with Crippen LogP contribution in [-0.4, -0.2) is 23.9 Å². The first-order valence-electron chi connectivity index (χ1n) is 5.69. The maximum atomic E-state index is 13.0. The predicted octanol–water partition coefficient (Wildman–Crippen LogP) is 2.31. The summed E-state index contributed by atoms with van der Waals surface area (Å²) < 4.78 is 13.0. The number of halogens is 1. The summed E-state index contributed by atoms with van der Waals surface area (Å²) in [6, 6.07) is 5.72. The van der Waals surface area contributed by atoms with Crippen molar-refractivity contribution in [3.8, 4) is 12.3 Å². The Morgan fingerprint density at radius 1 is 1.53 bits per heavy atom. The second-order valence-corrected chi connectivity index (χ2v) is 4.34. The van der Waals surface area contributed by atoms with Crippen LogP contribution in [0.3, 0.4) is 0 Å². The second-order valence-electron chi connectivity index (χ2n) is 4.34. The van der Waals surface area contributed by atoms with Gasteiger partial charge in [0.1, 0.15) is 5.82 Å². The highest BCUT2D eigenvalue weighted by Crippen LogP contribution is 2.30. The summed E-state index contributed by atoms with van der Waals surface area (Å²) in [4.78, 5) is 13.7. The highest BCUT2D eigenvalue weighted by Gasteiger charge is 2.26. The molecule has 1 amide bonds. The molecule has 1 aromatic rings. The molecule has 3 heteroatoms. The maximum absolute atomic E-state index is 13.0. The number of nitrogens with zero attached hydrogens (tertiary/aromatic N) is 1. The van der Waals surface area contributed by atoms with Crippen LogP contribution in [0, 0.1) is 24.1 Å². The van der Waals surface area contributed by atoms with E-state index in [9.17, 15) is 9.18 Å². The van der Waals surface area contributed by atoms with Crippen LogP contribution in [0.2, 0.25) is 0 Å². The average Bonchev–Trinajstić information content (AvgIpc) is 3.11. The molecule has 88 valence electrons. The van der Waals surface area contributed by atoms with Gasteiger partial charge in [-0.25, -0.2) is 4.39 Å². The summed E-state index contributed by atoms with van der Waals surface area (Å²) in [7, 11) is 0. The first kappa shape index (κ1) is 11.7. The lowest BCUT2D eigenvalue weighted by Gasteiger charge is -2.20. The Labute approximate surface area is 100 Å². The third-order valence-corrected chi connectivity index (χ3v) is 2.82. The average molecular weight is 231 g/mol. The van der Waals surface area contributed by atoms with Crippen LogP contribution in [0.15, 0.2) is 24.3 Å². The first-order chi connectivity index (χ1) is 8.20. The molecule has 0 unspecified atom stereocenters. The van der Waals surface area contributed by atoms with Gasteiger partial charge in [-0.2, -0.15) is 0 Å². The quantitative estimate of drug-likeness (QED) is 0.728. The Balaban J connectivity index is 2.12. The van der Waals surface area contributed by atoms with E-state index in [1.807, 2.05) is 0 Å². The van der Waals surface area contributed by atoms with E-state index in [1.54, 1.807) is 11.0 Å². The van der Waals surface area contributed by atoms with E-state index in [2.05, 4.69) is 5.92 Å². The van der Waals surface area contributed by atoms with E-state index in [-0.39, 0.29) is 12.5 Å². The summed E-state index contributed by atoms with van der Waals surface area (Å²) >= 11 is 0. The topological polar surface area (TPSA) is 20.3 Å². The van der Waals surface area contributed by atoms with Crippen molar-refractivity contribution in [1.29, 1.82) is 0 Å². The SMILES string of the molecule is C#CCN(CC1CC1)C(=O)c1cccc(F)c1. The van der Waals surface area contributed by atoms with Gasteiger partial charge in [-0.15, -0.1) is 6.42 Å². The van der Waals surface area contributed by atoms with Crippen LogP contribution in [0.4, 0.5) is 4.39 Å². The molecule has 0 heterocycles. The highest BCUT2D eigenvalue weighted by atomic mass is 19.1. The lowest BCUT2D eigenvalue weighted by molar-refractivity contribution is 0.0769. The summed E-state index contributed by atoms with van der Waals surface area (Å²) in [6.07, 6.45) is 7.55. The Kier molecular flexibility index (Phi) is 3.43. The zero-order valence-electron chi connectivity index (χ0n) is 9.53. The molecule has 0 atom stereocenters. The fraction of sp³-hybridized carbons (Fsp3) is 0.357. The van der Waals surface area contributed by atoms with E-state index in [1.165, 1.54) is 18.2 Å². The van der Waals surface area contributed by atoms with E-state index in [4.69, 9.17) is 6.42 Å². The molecule has 0 aromatic heterocycles. The zero-order chi connectivity index (χ0) is 12.3. The number of carbonyl (C=O) groups excluding carboxylic acids is 1. The van der Waals surface area contributed by atoms with Crippen molar-refractivity contribution in [3.05, 3.63) is 35.6 Å². The lowest BCUT2D eigenvalue weighted by atomic mass is 10.2. The summed E-state index contributed by atoms with van der Waals surface area (Å²) in [5.74, 6) is 2.46. The normalized spacial score (nSPS) is 14.1. The lowest BCUT2D eigenvalue weighted by Crippen LogP contribution is -2.33. The summed E-state index contributed by atoms with van der Waals surface area (Å²) in [5.41, 5.74) is 0.362. The van der Waals surface area contributed by atoms with Crippen molar-refractivity contribution >= 4 is 5.91 Å². The molecule has 2 rings (SSSR count). The van der Waals surface area contributed by atoms with E-state index < -0.39 is 5.82 Å². The van der Waals surface area contributed by atoms with Crippen LogP contribution in [-0.2, 0) is 0 Å². The van der Waals surface area contributed by atoms with Crippen LogP contribution in [0.1, 0.15) is 23.2 Å². The minimum Gasteiger partial charge on any atom is -0.327 e. The van der Waals surface area contributed by atoms with Crippen molar-refractivity contribution in [1.82, 2.24) is 4.90 Å². The molecule has 1 aliphatic carbocycles. The molecule has 1 aromatic carbocycles. The molecule has 17 heavy (non-hydrogen) atoms. The number of benzene rings is 1. The Morgan fingerprint density at radius 2 is 2.29 bits per heavy atom. The van der Waals surface area contributed by atoms with Crippen molar-refractivity contribution in [3.63, 3.8) is 0 Å². The Bertz CT molecular complexity index is 460. The Hall–Kier alpha value is -1.82. The Morgan fingerprint density at radius 3 is 2.88 bits per heavy atom. The zero-order valence-corrected chi connectivity index (χ0v) is 9.53. The second kappa shape index (κ2) is 5.01. The first-order valence-corrected chi connectivity index (χ1v) is 5.69. The molecule has 0 N–H and O–H groups in total. The third kappa shape index (κ3) is 3.07. The van der Waals surface area contributed by atoms with E-state index in [0.717, 1.165) is 12.8 Å². The van der Waals surface area contributed by atoms with Crippen molar-refractivity contribution in [2.24, 2.45) is 5.92 Å². The third-order valence-electron chi connectivity index (χ3n) is 2.82. The summed E-state index contributed by atoms with van der Waals surface area (Å²) in [6.45, 7) is 0.964. The molecule has 0 aliphatic heterocycles. The van der Waals surface area contributed by atoms with Gasteiger partial charge in [-0.3, -0.25) is 4.79 Å².